The molecule has 5 nitrogen and oxygen atoms in total. The minimum Gasteiger partial charge on any atom is -0.473 e. The Morgan fingerprint density at radius 3 is 2.61 bits per heavy atom. The number of fused-ring (bicyclic) bond motifs is 3. The minimum absolute atomic E-state index is 0.0122. The smallest absolute Gasteiger partial charge is 0.214 e. The summed E-state index contributed by atoms with van der Waals surface area (Å²) in [5, 5.41) is 0. The van der Waals surface area contributed by atoms with E-state index in [1.54, 1.807) is 6.20 Å². The molecule has 2 unspecified atom stereocenters. The summed E-state index contributed by atoms with van der Waals surface area (Å²) < 4.78 is 35.4. The van der Waals surface area contributed by atoms with E-state index in [-0.39, 0.29) is 24.8 Å². The highest BCUT2D eigenvalue weighted by atomic mass is 19.1. The maximum Gasteiger partial charge on any atom is 0.214 e. The van der Waals surface area contributed by atoms with Gasteiger partial charge in [-0.3, -0.25) is 4.98 Å². The van der Waals surface area contributed by atoms with E-state index in [2.05, 4.69) is 26.7 Å². The molecule has 0 spiro atoms. The first kappa shape index (κ1) is 21.9. The van der Waals surface area contributed by atoms with Crippen LogP contribution in [0.25, 0.3) is 0 Å². The number of benzene rings is 1. The van der Waals surface area contributed by atoms with Gasteiger partial charge in [0.05, 0.1) is 0 Å². The predicted molar refractivity (Wildman–Crippen MR) is 124 cm³/mol. The topological polar surface area (TPSA) is 41.0 Å². The van der Waals surface area contributed by atoms with Crippen molar-refractivity contribution in [2.24, 2.45) is 4.99 Å². The van der Waals surface area contributed by atoms with Crippen LogP contribution in [0.3, 0.4) is 0 Å². The second kappa shape index (κ2) is 9.12. The zero-order valence-electron chi connectivity index (χ0n) is 19.2. The Morgan fingerprint density at radius 2 is 1.85 bits per heavy atom. The molecule has 174 valence electrons. The molecule has 0 N–H and O–H groups in total. The van der Waals surface area contributed by atoms with Gasteiger partial charge in [0.15, 0.2) is 0 Å². The number of pyridine rings is 1. The summed E-state index contributed by atoms with van der Waals surface area (Å²) in [6.45, 7) is 6.07. The number of piperidine rings is 1. The van der Waals surface area contributed by atoms with Crippen LogP contribution in [0.5, 0.6) is 0 Å². The number of halogens is 2. The molecule has 2 saturated heterocycles. The Balaban J connectivity index is 1.29. The Bertz CT molecular complexity index is 1060. The van der Waals surface area contributed by atoms with Gasteiger partial charge in [-0.05, 0) is 68.9 Å². The number of hydrogen-bond acceptors (Lipinski definition) is 5. The molecule has 0 aliphatic carbocycles. The van der Waals surface area contributed by atoms with Gasteiger partial charge in [0.25, 0.3) is 0 Å². The number of ether oxygens (including phenoxy) is 1. The van der Waals surface area contributed by atoms with E-state index < -0.39 is 11.6 Å². The van der Waals surface area contributed by atoms with Crippen molar-refractivity contribution in [1.82, 2.24) is 14.8 Å². The van der Waals surface area contributed by atoms with Crippen LogP contribution in [-0.2, 0) is 17.8 Å². The van der Waals surface area contributed by atoms with Crippen molar-refractivity contribution in [3.05, 3.63) is 76.4 Å². The highest BCUT2D eigenvalue weighted by Crippen LogP contribution is 2.33. The second-order valence-corrected chi connectivity index (χ2v) is 9.24. The minimum atomic E-state index is -0.568. The second-order valence-electron chi connectivity index (χ2n) is 9.24. The fraction of sp³-hybridized carbons (Fsp3) is 0.462. The zero-order valence-corrected chi connectivity index (χ0v) is 19.2. The number of aliphatic imine (C=N–C) groups is 1. The lowest BCUT2D eigenvalue weighted by molar-refractivity contribution is 0.0552. The van der Waals surface area contributed by atoms with Crippen molar-refractivity contribution in [3.63, 3.8) is 0 Å². The first-order chi connectivity index (χ1) is 16.0. The molecule has 1 aromatic heterocycles. The van der Waals surface area contributed by atoms with Crippen molar-refractivity contribution in [3.8, 4) is 0 Å². The van der Waals surface area contributed by atoms with Crippen LogP contribution in [0.1, 0.15) is 55.0 Å². The summed E-state index contributed by atoms with van der Waals surface area (Å²) in [4.78, 5) is 13.7. The predicted octanol–water partition coefficient (Wildman–Crippen LogP) is 4.94. The van der Waals surface area contributed by atoms with Crippen LogP contribution in [0.15, 0.2) is 47.4 Å². The Hall–Kier alpha value is -2.96. The Labute approximate surface area is 193 Å². The summed E-state index contributed by atoms with van der Waals surface area (Å²) in [5.41, 5.74) is 2.14. The maximum atomic E-state index is 14.7. The molecule has 33 heavy (non-hydrogen) atoms. The average Bonchev–Trinajstić information content (AvgIpc) is 2.81. The van der Waals surface area contributed by atoms with E-state index in [0.29, 0.717) is 17.5 Å². The Morgan fingerprint density at radius 1 is 1.03 bits per heavy atom. The van der Waals surface area contributed by atoms with E-state index in [1.165, 1.54) is 37.2 Å². The number of aryl methyl sites for hydroxylation is 1. The third-order valence-electron chi connectivity index (χ3n) is 6.88. The normalized spacial score (nSPS) is 22.3. The number of hydrogen-bond donors (Lipinski definition) is 0. The van der Waals surface area contributed by atoms with Crippen LogP contribution < -0.4 is 0 Å². The van der Waals surface area contributed by atoms with Gasteiger partial charge in [-0.1, -0.05) is 6.07 Å². The van der Waals surface area contributed by atoms with E-state index in [9.17, 15) is 8.78 Å². The fourth-order valence-corrected chi connectivity index (χ4v) is 5.07. The largest absolute Gasteiger partial charge is 0.473 e. The van der Waals surface area contributed by atoms with Crippen molar-refractivity contribution < 1.29 is 13.5 Å². The fourth-order valence-electron chi connectivity index (χ4n) is 5.07. The van der Waals surface area contributed by atoms with E-state index in [1.807, 2.05) is 25.1 Å². The number of rotatable bonds is 4. The molecule has 1 aromatic carbocycles. The van der Waals surface area contributed by atoms with Gasteiger partial charge >= 0.3 is 0 Å². The molecule has 5 rings (SSSR count). The van der Waals surface area contributed by atoms with Gasteiger partial charge < -0.3 is 14.5 Å². The van der Waals surface area contributed by atoms with Gasteiger partial charge in [-0.25, -0.2) is 13.8 Å². The summed E-state index contributed by atoms with van der Waals surface area (Å²) in [5.74, 6) is 0.556. The molecule has 3 aliphatic rings. The van der Waals surface area contributed by atoms with E-state index >= 15 is 0 Å². The molecule has 0 amide bonds. The van der Waals surface area contributed by atoms with E-state index in [4.69, 9.17) is 4.74 Å². The molecule has 2 aromatic rings. The van der Waals surface area contributed by atoms with E-state index in [0.717, 1.165) is 30.8 Å². The maximum absolute atomic E-state index is 14.7. The molecule has 0 saturated carbocycles. The van der Waals surface area contributed by atoms with Gasteiger partial charge in [0.2, 0.25) is 5.90 Å². The van der Waals surface area contributed by atoms with Crippen LogP contribution >= 0.6 is 0 Å². The molecule has 3 aliphatic heterocycles. The third-order valence-corrected chi connectivity index (χ3v) is 6.88. The molecular formula is C26H30F2N4O. The Kier molecular flexibility index (Phi) is 6.04. The molecule has 7 heteroatoms. The SMILES string of the molecule is Cc1ccc(Cc2c(F)cc(COC3=NC(C)N4CCC5CCCCN5C4=C3)cc2F)cn1. The lowest BCUT2D eigenvalue weighted by atomic mass is 9.96. The summed E-state index contributed by atoms with van der Waals surface area (Å²) in [7, 11) is 0. The highest BCUT2D eigenvalue weighted by Gasteiger charge is 2.36. The molecule has 4 heterocycles. The monoisotopic (exact) mass is 452 g/mol. The average molecular weight is 453 g/mol. The first-order valence-corrected chi connectivity index (χ1v) is 11.8. The third kappa shape index (κ3) is 4.59. The molecule has 0 radical (unpaired) electrons. The van der Waals surface area contributed by atoms with Crippen molar-refractivity contribution in [2.45, 2.75) is 64.8 Å². The lowest BCUT2D eigenvalue weighted by Crippen LogP contribution is -2.54. The van der Waals surface area contributed by atoms with Crippen molar-refractivity contribution in [2.75, 3.05) is 13.1 Å². The van der Waals surface area contributed by atoms with Crippen LogP contribution in [0.2, 0.25) is 0 Å². The quantitative estimate of drug-likeness (QED) is 0.659. The van der Waals surface area contributed by atoms with Crippen LogP contribution in [0.4, 0.5) is 8.78 Å². The van der Waals surface area contributed by atoms with Crippen molar-refractivity contribution >= 4 is 5.90 Å². The summed E-state index contributed by atoms with van der Waals surface area (Å²) in [6.07, 6.45) is 8.68. The van der Waals surface area contributed by atoms with Crippen LogP contribution in [-0.4, -0.2) is 46.0 Å². The number of aromatic nitrogens is 1. The zero-order chi connectivity index (χ0) is 22.9. The van der Waals surface area contributed by atoms with Crippen molar-refractivity contribution in [1.29, 1.82) is 0 Å². The molecule has 2 atom stereocenters. The summed E-state index contributed by atoms with van der Waals surface area (Å²) >= 11 is 0. The lowest BCUT2D eigenvalue weighted by Gasteiger charge is -2.50. The summed E-state index contributed by atoms with van der Waals surface area (Å²) in [6, 6.07) is 6.98. The first-order valence-electron chi connectivity index (χ1n) is 11.8. The molecule has 2 fully saturated rings. The molecule has 0 bridgehead atoms. The van der Waals surface area contributed by atoms with Gasteiger partial charge in [-0.15, -0.1) is 0 Å². The van der Waals surface area contributed by atoms with Gasteiger partial charge in [0, 0.05) is 49.1 Å². The van der Waals surface area contributed by atoms with Gasteiger partial charge in [0.1, 0.15) is 30.2 Å². The number of nitrogens with zero attached hydrogens (tertiary/aromatic N) is 4. The highest BCUT2D eigenvalue weighted by molar-refractivity contribution is 5.89. The molecular weight excluding hydrogens is 422 g/mol. The van der Waals surface area contributed by atoms with Crippen LogP contribution in [0, 0.1) is 18.6 Å². The standard InChI is InChI=1S/C26H30F2N4O/c1-17-6-7-19(15-29-17)11-22-23(27)12-20(13-24(22)28)16-33-25-14-26-31(18(2)30-25)10-8-21-5-3-4-9-32(21)26/h6-7,12-15,18,21H,3-5,8-11,16H2,1-2H3. The van der Waals surface area contributed by atoms with Gasteiger partial charge in [-0.2, -0.15) is 0 Å².